The topological polar surface area (TPSA) is 72.8 Å². The fourth-order valence-electron chi connectivity index (χ4n) is 2.57. The van der Waals surface area contributed by atoms with Gasteiger partial charge >= 0.3 is 0 Å². The number of hydrogen-bond donors (Lipinski definition) is 3. The number of likely N-dealkylation sites (tertiary alicyclic amines) is 1. The lowest BCUT2D eigenvalue weighted by Crippen LogP contribution is -2.65. The summed E-state index contributed by atoms with van der Waals surface area (Å²) >= 11 is 0. The highest BCUT2D eigenvalue weighted by molar-refractivity contribution is 5.83. The maximum absolute atomic E-state index is 11.9. The SMILES string of the molecule is CCCC1(O)CN(C(=O)C2CC(O)CN2)C1. The van der Waals surface area contributed by atoms with E-state index in [0.29, 0.717) is 26.1 Å². The number of amides is 1. The van der Waals surface area contributed by atoms with E-state index in [2.05, 4.69) is 5.32 Å². The zero-order chi connectivity index (χ0) is 11.8. The minimum absolute atomic E-state index is 0.0114. The largest absolute Gasteiger partial charge is 0.392 e. The van der Waals surface area contributed by atoms with Gasteiger partial charge in [0.25, 0.3) is 0 Å². The molecule has 3 N–H and O–H groups in total. The van der Waals surface area contributed by atoms with Crippen LogP contribution in [0.3, 0.4) is 0 Å². The summed E-state index contributed by atoms with van der Waals surface area (Å²) in [5, 5.41) is 22.3. The quantitative estimate of drug-likeness (QED) is 0.584. The first kappa shape index (κ1) is 11.8. The van der Waals surface area contributed by atoms with E-state index in [-0.39, 0.29) is 11.9 Å². The number of aliphatic hydroxyl groups excluding tert-OH is 1. The van der Waals surface area contributed by atoms with E-state index in [4.69, 9.17) is 0 Å². The average molecular weight is 228 g/mol. The van der Waals surface area contributed by atoms with Crippen LogP contribution in [-0.2, 0) is 4.79 Å². The molecule has 92 valence electrons. The highest BCUT2D eigenvalue weighted by Crippen LogP contribution is 2.27. The molecule has 2 unspecified atom stereocenters. The van der Waals surface area contributed by atoms with Crippen LogP contribution in [0.4, 0.5) is 0 Å². The van der Waals surface area contributed by atoms with Gasteiger partial charge in [0.05, 0.1) is 30.8 Å². The Morgan fingerprint density at radius 3 is 2.75 bits per heavy atom. The van der Waals surface area contributed by atoms with Crippen molar-refractivity contribution in [1.82, 2.24) is 10.2 Å². The molecule has 16 heavy (non-hydrogen) atoms. The van der Waals surface area contributed by atoms with Gasteiger partial charge in [-0.05, 0) is 12.8 Å². The van der Waals surface area contributed by atoms with Crippen LogP contribution in [0.15, 0.2) is 0 Å². The summed E-state index contributed by atoms with van der Waals surface area (Å²) in [5.74, 6) is 0.0114. The van der Waals surface area contributed by atoms with Gasteiger partial charge in [0, 0.05) is 6.54 Å². The summed E-state index contributed by atoms with van der Waals surface area (Å²) in [6.07, 6.45) is 1.75. The van der Waals surface area contributed by atoms with Gasteiger partial charge < -0.3 is 20.4 Å². The van der Waals surface area contributed by atoms with E-state index in [1.807, 2.05) is 6.92 Å². The molecule has 0 aromatic heterocycles. The van der Waals surface area contributed by atoms with Crippen LogP contribution in [-0.4, -0.2) is 58.4 Å². The molecule has 2 atom stereocenters. The third-order valence-electron chi connectivity index (χ3n) is 3.40. The van der Waals surface area contributed by atoms with Crippen LogP contribution in [0, 0.1) is 0 Å². The van der Waals surface area contributed by atoms with Crippen molar-refractivity contribution in [1.29, 1.82) is 0 Å². The first-order chi connectivity index (χ1) is 7.54. The van der Waals surface area contributed by atoms with Crippen LogP contribution in [0.25, 0.3) is 0 Å². The van der Waals surface area contributed by atoms with E-state index in [1.54, 1.807) is 4.90 Å². The number of rotatable bonds is 3. The smallest absolute Gasteiger partial charge is 0.240 e. The summed E-state index contributed by atoms with van der Waals surface area (Å²) in [6.45, 7) is 3.39. The van der Waals surface area contributed by atoms with Crippen LogP contribution in [0.2, 0.25) is 0 Å². The molecule has 5 heteroatoms. The summed E-state index contributed by atoms with van der Waals surface area (Å²) in [6, 6.07) is -0.263. The van der Waals surface area contributed by atoms with Gasteiger partial charge in [-0.25, -0.2) is 0 Å². The van der Waals surface area contributed by atoms with E-state index < -0.39 is 11.7 Å². The first-order valence-corrected chi connectivity index (χ1v) is 5.97. The van der Waals surface area contributed by atoms with Crippen LogP contribution in [0.5, 0.6) is 0 Å². The molecule has 5 nitrogen and oxygen atoms in total. The molecule has 2 saturated heterocycles. The molecular formula is C11H20N2O3. The van der Waals surface area contributed by atoms with Crippen molar-refractivity contribution in [2.24, 2.45) is 0 Å². The minimum atomic E-state index is -0.665. The van der Waals surface area contributed by atoms with Crippen LogP contribution < -0.4 is 5.32 Å². The zero-order valence-electron chi connectivity index (χ0n) is 9.65. The lowest BCUT2D eigenvalue weighted by molar-refractivity contribution is -0.158. The molecule has 0 saturated carbocycles. The van der Waals surface area contributed by atoms with Crippen molar-refractivity contribution >= 4 is 5.91 Å². The van der Waals surface area contributed by atoms with Gasteiger partial charge in [-0.3, -0.25) is 4.79 Å². The van der Waals surface area contributed by atoms with E-state index in [0.717, 1.165) is 12.8 Å². The molecule has 2 aliphatic heterocycles. The molecule has 2 rings (SSSR count). The number of hydrogen-bond acceptors (Lipinski definition) is 4. The maximum Gasteiger partial charge on any atom is 0.240 e. The van der Waals surface area contributed by atoms with E-state index in [9.17, 15) is 15.0 Å². The Balaban J connectivity index is 1.81. The van der Waals surface area contributed by atoms with Crippen molar-refractivity contribution in [2.75, 3.05) is 19.6 Å². The Labute approximate surface area is 95.4 Å². The second-order valence-corrected chi connectivity index (χ2v) is 5.02. The van der Waals surface area contributed by atoms with Crippen LogP contribution >= 0.6 is 0 Å². The Kier molecular flexibility index (Phi) is 3.19. The third-order valence-corrected chi connectivity index (χ3v) is 3.40. The van der Waals surface area contributed by atoms with Gasteiger partial charge in [-0.15, -0.1) is 0 Å². The summed E-state index contributed by atoms with van der Waals surface area (Å²) in [7, 11) is 0. The van der Waals surface area contributed by atoms with E-state index >= 15 is 0 Å². The van der Waals surface area contributed by atoms with Crippen molar-refractivity contribution in [2.45, 2.75) is 43.9 Å². The molecule has 0 bridgehead atoms. The molecule has 0 aliphatic carbocycles. The summed E-state index contributed by atoms with van der Waals surface area (Å²) in [5.41, 5.74) is -0.665. The van der Waals surface area contributed by atoms with Crippen molar-refractivity contribution < 1.29 is 15.0 Å². The predicted molar refractivity (Wildman–Crippen MR) is 58.9 cm³/mol. The van der Waals surface area contributed by atoms with Gasteiger partial charge in [0.1, 0.15) is 0 Å². The average Bonchev–Trinajstić information content (AvgIpc) is 2.60. The number of nitrogens with one attached hydrogen (secondary N) is 1. The fraction of sp³-hybridized carbons (Fsp3) is 0.909. The van der Waals surface area contributed by atoms with Crippen molar-refractivity contribution in [3.8, 4) is 0 Å². The molecule has 0 spiro atoms. The van der Waals surface area contributed by atoms with Gasteiger partial charge in [-0.2, -0.15) is 0 Å². The molecule has 1 amide bonds. The molecular weight excluding hydrogens is 208 g/mol. The molecule has 0 aromatic rings. The number of aliphatic hydroxyl groups is 2. The van der Waals surface area contributed by atoms with Gasteiger partial charge in [0.2, 0.25) is 5.91 Å². The molecule has 2 heterocycles. The monoisotopic (exact) mass is 228 g/mol. The number of carbonyl (C=O) groups excluding carboxylic acids is 1. The van der Waals surface area contributed by atoms with Crippen molar-refractivity contribution in [3.63, 3.8) is 0 Å². The first-order valence-electron chi connectivity index (χ1n) is 5.97. The number of carbonyl (C=O) groups is 1. The second kappa shape index (κ2) is 4.31. The fourth-order valence-corrected chi connectivity index (χ4v) is 2.57. The Morgan fingerprint density at radius 2 is 2.25 bits per heavy atom. The second-order valence-electron chi connectivity index (χ2n) is 5.02. The lowest BCUT2D eigenvalue weighted by atomic mass is 9.88. The van der Waals surface area contributed by atoms with E-state index in [1.165, 1.54) is 0 Å². The maximum atomic E-state index is 11.9. The highest BCUT2D eigenvalue weighted by Gasteiger charge is 2.45. The van der Waals surface area contributed by atoms with Crippen molar-refractivity contribution in [3.05, 3.63) is 0 Å². The number of nitrogens with zero attached hydrogens (tertiary/aromatic N) is 1. The number of β-amino-alcohol motifs (C(OH)–C–C–N with tert-alkyl or cyclic N) is 2. The molecule has 2 aliphatic rings. The van der Waals surface area contributed by atoms with Gasteiger partial charge in [-0.1, -0.05) is 13.3 Å². The summed E-state index contributed by atoms with van der Waals surface area (Å²) in [4.78, 5) is 13.6. The summed E-state index contributed by atoms with van der Waals surface area (Å²) < 4.78 is 0. The normalized spacial score (nSPS) is 32.6. The Morgan fingerprint density at radius 1 is 1.56 bits per heavy atom. The molecule has 0 radical (unpaired) electrons. The Hall–Kier alpha value is -0.650. The van der Waals surface area contributed by atoms with Crippen LogP contribution in [0.1, 0.15) is 26.2 Å². The predicted octanol–water partition coefficient (Wildman–Crippen LogP) is -0.917. The Bertz CT molecular complexity index is 276. The standard InChI is InChI=1S/C11H20N2O3/c1-2-3-11(16)6-13(7-11)10(15)9-4-8(14)5-12-9/h8-9,12,14,16H,2-7H2,1H3. The van der Waals surface area contributed by atoms with Gasteiger partial charge in [0.15, 0.2) is 0 Å². The zero-order valence-corrected chi connectivity index (χ0v) is 9.65. The third kappa shape index (κ3) is 2.21. The molecule has 2 fully saturated rings. The molecule has 0 aromatic carbocycles. The highest BCUT2D eigenvalue weighted by atomic mass is 16.3. The minimum Gasteiger partial charge on any atom is -0.392 e. The lowest BCUT2D eigenvalue weighted by Gasteiger charge is -2.47.